The van der Waals surface area contributed by atoms with Gasteiger partial charge in [-0.15, -0.1) is 0 Å². The molecule has 0 saturated carbocycles. The Labute approximate surface area is 65.6 Å². The zero-order chi connectivity index (χ0) is 8.69. The maximum absolute atomic E-state index is 8.24. The summed E-state index contributed by atoms with van der Waals surface area (Å²) < 4.78 is 4.16. The molecule has 0 spiro atoms. The molecular weight excluding hydrogens is 142 g/mol. The molecule has 11 heavy (non-hydrogen) atoms. The van der Waals surface area contributed by atoms with Crippen molar-refractivity contribution in [3.05, 3.63) is 24.1 Å². The third-order valence-electron chi connectivity index (χ3n) is 1.19. The van der Waals surface area contributed by atoms with E-state index in [1.165, 1.54) is 0 Å². The van der Waals surface area contributed by atoms with Crippen LogP contribution >= 0.6 is 0 Å². The molecule has 0 aliphatic heterocycles. The van der Waals surface area contributed by atoms with E-state index < -0.39 is 0 Å². The van der Waals surface area contributed by atoms with Gasteiger partial charge in [-0.25, -0.2) is 9.13 Å². The molecule has 0 N–H and O–H groups in total. The molecule has 0 amide bonds. The predicted molar refractivity (Wildman–Crippen MR) is 40.3 cm³/mol. The van der Waals surface area contributed by atoms with Crippen LogP contribution in [0.2, 0.25) is 0 Å². The molecule has 1 rings (SSSR count). The zero-order valence-electron chi connectivity index (χ0n) is 6.69. The summed E-state index contributed by atoms with van der Waals surface area (Å²) in [6, 6.07) is 0. The lowest BCUT2D eigenvalue weighted by molar-refractivity contribution is -0.671. The van der Waals surface area contributed by atoms with E-state index in [4.69, 9.17) is 10.2 Å². The van der Waals surface area contributed by atoms with Gasteiger partial charge in [0.2, 0.25) is 6.33 Å². The molecular formula is C7H11N3O. The van der Waals surface area contributed by atoms with E-state index in [0.717, 1.165) is 6.54 Å². The van der Waals surface area contributed by atoms with Crippen LogP contribution in [0, 0.1) is 0 Å². The van der Waals surface area contributed by atoms with Gasteiger partial charge in [0.15, 0.2) is 0 Å². The first-order valence-electron chi connectivity index (χ1n) is 3.26. The molecule has 0 fully saturated rings. The average Bonchev–Trinajstić information content (AvgIpc) is 2.37. The highest BCUT2D eigenvalue weighted by Gasteiger charge is 1.92. The van der Waals surface area contributed by atoms with E-state index in [9.17, 15) is 0 Å². The fourth-order valence-corrected chi connectivity index (χ4v) is 0.689. The van der Waals surface area contributed by atoms with Gasteiger partial charge in [0, 0.05) is 0 Å². The predicted octanol–water partition coefficient (Wildman–Crippen LogP) is 0.224. The van der Waals surface area contributed by atoms with Crippen LogP contribution in [-0.4, -0.2) is 10.6 Å². The summed E-state index contributed by atoms with van der Waals surface area (Å²) in [5.41, 5.74) is 0. The van der Waals surface area contributed by atoms with Gasteiger partial charge in [-0.3, -0.25) is 4.79 Å². The largest absolute Gasteiger partial charge is 0.724 e. The SMILES string of the molecule is CCn1cc[n+](C)c1.[N-]=C=O. The standard InChI is InChI=1S/C6H11N2.CNO/c1-3-8-5-4-7(2)6-8;2-1-3/h4-6H,3H2,1-2H3;/q+1;-1. The molecule has 0 unspecified atom stereocenters. The molecule has 0 atom stereocenters. The van der Waals surface area contributed by atoms with Crippen LogP contribution < -0.4 is 4.57 Å². The third kappa shape index (κ3) is 4.06. The van der Waals surface area contributed by atoms with Gasteiger partial charge in [0.1, 0.15) is 12.4 Å². The molecule has 0 aliphatic carbocycles. The van der Waals surface area contributed by atoms with Gasteiger partial charge in [0.25, 0.3) is 0 Å². The van der Waals surface area contributed by atoms with Crippen molar-refractivity contribution in [1.29, 1.82) is 0 Å². The van der Waals surface area contributed by atoms with Crippen molar-refractivity contribution < 1.29 is 9.36 Å². The second kappa shape index (κ2) is 5.38. The molecule has 0 saturated heterocycles. The van der Waals surface area contributed by atoms with Gasteiger partial charge in [0.05, 0.1) is 13.6 Å². The summed E-state index contributed by atoms with van der Waals surface area (Å²) in [4.78, 5) is 8.24. The highest BCUT2D eigenvalue weighted by atomic mass is 16.1. The van der Waals surface area contributed by atoms with Crippen LogP contribution in [0.25, 0.3) is 5.41 Å². The lowest BCUT2D eigenvalue weighted by atomic mass is 10.7. The molecule has 1 aromatic heterocycles. The number of hydrogen-bond acceptors (Lipinski definition) is 1. The Morgan fingerprint density at radius 3 is 2.45 bits per heavy atom. The van der Waals surface area contributed by atoms with Gasteiger partial charge >= 0.3 is 0 Å². The lowest BCUT2D eigenvalue weighted by Gasteiger charge is -1.81. The monoisotopic (exact) mass is 153 g/mol. The van der Waals surface area contributed by atoms with Crippen LogP contribution in [0.5, 0.6) is 0 Å². The highest BCUT2D eigenvalue weighted by Crippen LogP contribution is 1.79. The first-order valence-corrected chi connectivity index (χ1v) is 3.26. The number of aryl methyl sites for hydroxylation is 2. The van der Waals surface area contributed by atoms with Gasteiger partial charge in [-0.2, -0.15) is 0 Å². The van der Waals surface area contributed by atoms with Crippen molar-refractivity contribution in [2.75, 3.05) is 0 Å². The third-order valence-corrected chi connectivity index (χ3v) is 1.19. The summed E-state index contributed by atoms with van der Waals surface area (Å²) in [5, 5.41) is 6.76. The van der Waals surface area contributed by atoms with E-state index in [-0.39, 0.29) is 0 Å². The quantitative estimate of drug-likeness (QED) is 0.323. The molecule has 4 heteroatoms. The molecule has 60 valence electrons. The van der Waals surface area contributed by atoms with E-state index >= 15 is 0 Å². The molecule has 0 aromatic carbocycles. The van der Waals surface area contributed by atoms with Crippen molar-refractivity contribution in [3.63, 3.8) is 0 Å². The van der Waals surface area contributed by atoms with E-state index in [0.29, 0.717) is 6.08 Å². The Bertz CT molecular complexity index is 236. The summed E-state index contributed by atoms with van der Waals surface area (Å²) >= 11 is 0. The summed E-state index contributed by atoms with van der Waals surface area (Å²) in [6.07, 6.45) is 6.64. The Balaban J connectivity index is 0.000000292. The Morgan fingerprint density at radius 1 is 1.73 bits per heavy atom. The minimum Gasteiger partial charge on any atom is -0.724 e. The van der Waals surface area contributed by atoms with Crippen molar-refractivity contribution in [3.8, 4) is 0 Å². The zero-order valence-corrected chi connectivity index (χ0v) is 6.69. The van der Waals surface area contributed by atoms with E-state index in [1.807, 2.05) is 17.8 Å². The molecule has 4 nitrogen and oxygen atoms in total. The second-order valence-corrected chi connectivity index (χ2v) is 2.00. The highest BCUT2D eigenvalue weighted by molar-refractivity contribution is 5.36. The number of isocyanates is 1. The lowest BCUT2D eigenvalue weighted by Crippen LogP contribution is -2.23. The number of aromatic nitrogens is 2. The minimum atomic E-state index is 0.500. The van der Waals surface area contributed by atoms with Crippen LogP contribution in [-0.2, 0) is 18.4 Å². The van der Waals surface area contributed by atoms with Gasteiger partial charge < -0.3 is 5.41 Å². The van der Waals surface area contributed by atoms with Crippen molar-refractivity contribution >= 4 is 6.08 Å². The molecule has 0 aliphatic rings. The smallest absolute Gasteiger partial charge is 0.243 e. The molecule has 0 bridgehead atoms. The fourth-order valence-electron chi connectivity index (χ4n) is 0.689. The number of hydrogen-bond donors (Lipinski definition) is 0. The van der Waals surface area contributed by atoms with Crippen LogP contribution in [0.3, 0.4) is 0 Å². The molecule has 1 aromatic rings. The van der Waals surface area contributed by atoms with Crippen molar-refractivity contribution in [2.24, 2.45) is 7.05 Å². The number of imidazole rings is 1. The molecule has 1 heterocycles. The van der Waals surface area contributed by atoms with E-state index in [2.05, 4.69) is 24.0 Å². The topological polar surface area (TPSA) is 48.2 Å². The Hall–Kier alpha value is -1.41. The van der Waals surface area contributed by atoms with Gasteiger partial charge in [-0.05, 0) is 13.0 Å². The number of rotatable bonds is 1. The normalized spacial score (nSPS) is 7.82. The van der Waals surface area contributed by atoms with Crippen molar-refractivity contribution in [2.45, 2.75) is 13.5 Å². The minimum absolute atomic E-state index is 0.500. The Morgan fingerprint density at radius 2 is 2.27 bits per heavy atom. The van der Waals surface area contributed by atoms with E-state index in [1.54, 1.807) is 0 Å². The number of nitrogens with zero attached hydrogens (tertiary/aromatic N) is 3. The first-order chi connectivity index (χ1) is 5.24. The number of carbonyl (C=O) groups excluding carboxylic acids is 1. The van der Waals surface area contributed by atoms with Crippen molar-refractivity contribution in [1.82, 2.24) is 4.57 Å². The summed E-state index contributed by atoms with van der Waals surface area (Å²) in [7, 11) is 2.02. The molecule has 0 radical (unpaired) electrons. The summed E-state index contributed by atoms with van der Waals surface area (Å²) in [5.74, 6) is 0. The fraction of sp³-hybridized carbons (Fsp3) is 0.429. The summed E-state index contributed by atoms with van der Waals surface area (Å²) in [6.45, 7) is 3.18. The maximum Gasteiger partial charge on any atom is 0.243 e. The Kier molecular flexibility index (Phi) is 4.69. The second-order valence-electron chi connectivity index (χ2n) is 2.00. The average molecular weight is 153 g/mol. The first kappa shape index (κ1) is 9.59. The van der Waals surface area contributed by atoms with Crippen LogP contribution in [0.4, 0.5) is 0 Å². The maximum atomic E-state index is 8.24. The van der Waals surface area contributed by atoms with Gasteiger partial charge in [-0.1, -0.05) is 0 Å². The van der Waals surface area contributed by atoms with Crippen LogP contribution in [0.15, 0.2) is 18.7 Å². The van der Waals surface area contributed by atoms with Crippen LogP contribution in [0.1, 0.15) is 6.92 Å².